The molecule has 1 aromatic carbocycles. The molecule has 0 spiro atoms. The van der Waals surface area contributed by atoms with Crippen LogP contribution in [0.25, 0.3) is 16.9 Å². The molecule has 2 heterocycles. The second-order valence-corrected chi connectivity index (χ2v) is 4.72. The second-order valence-electron chi connectivity index (χ2n) is 4.72. The summed E-state index contributed by atoms with van der Waals surface area (Å²) < 4.78 is 59.4. The van der Waals surface area contributed by atoms with Gasteiger partial charge in [-0.1, -0.05) is 6.07 Å². The Labute approximate surface area is 133 Å². The minimum absolute atomic E-state index is 0.0364. The molecule has 0 radical (unpaired) electrons. The van der Waals surface area contributed by atoms with Gasteiger partial charge in [-0.15, -0.1) is 0 Å². The SMILES string of the molecule is CNc1nc(C(F)(F)F)nc2c1ncn2-c1cccc(OC)c1F. The van der Waals surface area contributed by atoms with E-state index in [4.69, 9.17) is 4.74 Å². The number of rotatable bonds is 3. The number of imidazole rings is 1. The topological polar surface area (TPSA) is 64.9 Å². The van der Waals surface area contributed by atoms with Crippen molar-refractivity contribution in [3.63, 3.8) is 0 Å². The summed E-state index contributed by atoms with van der Waals surface area (Å²) in [5.74, 6) is -2.23. The maximum absolute atomic E-state index is 14.4. The number of fused-ring (bicyclic) bond motifs is 1. The van der Waals surface area contributed by atoms with E-state index in [0.717, 1.165) is 4.57 Å². The van der Waals surface area contributed by atoms with Crippen LogP contribution in [0.3, 0.4) is 0 Å². The first-order valence-electron chi connectivity index (χ1n) is 6.69. The van der Waals surface area contributed by atoms with Crippen molar-refractivity contribution >= 4 is 17.0 Å². The monoisotopic (exact) mass is 341 g/mol. The largest absolute Gasteiger partial charge is 0.494 e. The zero-order chi connectivity index (χ0) is 17.5. The first-order valence-corrected chi connectivity index (χ1v) is 6.69. The molecule has 0 amide bonds. The molecule has 3 rings (SSSR count). The summed E-state index contributed by atoms with van der Waals surface area (Å²) in [5.41, 5.74) is -0.118. The summed E-state index contributed by atoms with van der Waals surface area (Å²) in [5, 5.41) is 2.54. The van der Waals surface area contributed by atoms with Crippen molar-refractivity contribution in [2.24, 2.45) is 0 Å². The van der Waals surface area contributed by atoms with Crippen LogP contribution in [-0.2, 0) is 6.18 Å². The summed E-state index contributed by atoms with van der Waals surface area (Å²) in [6, 6.07) is 4.29. The lowest BCUT2D eigenvalue weighted by molar-refractivity contribution is -0.144. The van der Waals surface area contributed by atoms with Gasteiger partial charge in [0.05, 0.1) is 12.8 Å². The molecule has 0 fully saturated rings. The first kappa shape index (κ1) is 16.0. The molecule has 2 aromatic heterocycles. The smallest absolute Gasteiger partial charge is 0.451 e. The first-order chi connectivity index (χ1) is 11.4. The van der Waals surface area contributed by atoms with Crippen LogP contribution in [0.1, 0.15) is 5.82 Å². The van der Waals surface area contributed by atoms with Crippen LogP contribution in [0.15, 0.2) is 24.5 Å². The van der Waals surface area contributed by atoms with Gasteiger partial charge >= 0.3 is 6.18 Å². The van der Waals surface area contributed by atoms with E-state index in [9.17, 15) is 17.6 Å². The standard InChI is InChI=1S/C14H11F4N5O/c1-19-11-10-12(22-13(21-11)14(16,17)18)23(6-20-10)7-4-3-5-8(24-2)9(7)15/h3-6H,1-2H3,(H,19,21,22). The Bertz CT molecular complexity index is 906. The predicted molar refractivity (Wildman–Crippen MR) is 77.7 cm³/mol. The van der Waals surface area contributed by atoms with Gasteiger partial charge in [0.1, 0.15) is 6.33 Å². The second kappa shape index (κ2) is 5.62. The van der Waals surface area contributed by atoms with Crippen molar-refractivity contribution in [3.05, 3.63) is 36.2 Å². The number of aromatic nitrogens is 4. The predicted octanol–water partition coefficient (Wildman–Crippen LogP) is 3.02. The fourth-order valence-electron chi connectivity index (χ4n) is 2.22. The number of nitrogens with zero attached hydrogens (tertiary/aromatic N) is 4. The third kappa shape index (κ3) is 2.49. The Balaban J connectivity index is 2.31. The van der Waals surface area contributed by atoms with Gasteiger partial charge in [-0.2, -0.15) is 13.2 Å². The summed E-state index contributed by atoms with van der Waals surface area (Å²) >= 11 is 0. The van der Waals surface area contributed by atoms with Crippen molar-refractivity contribution in [2.45, 2.75) is 6.18 Å². The van der Waals surface area contributed by atoms with Crippen LogP contribution in [0.4, 0.5) is 23.4 Å². The van der Waals surface area contributed by atoms with Crippen molar-refractivity contribution in [3.8, 4) is 11.4 Å². The molecule has 0 saturated carbocycles. The molecule has 0 bridgehead atoms. The summed E-state index contributed by atoms with van der Waals surface area (Å²) in [4.78, 5) is 10.9. The Kier molecular flexibility index (Phi) is 3.74. The summed E-state index contributed by atoms with van der Waals surface area (Å²) in [7, 11) is 2.70. The van der Waals surface area contributed by atoms with Crippen LogP contribution in [0.5, 0.6) is 5.75 Å². The van der Waals surface area contributed by atoms with Crippen LogP contribution < -0.4 is 10.1 Å². The molecule has 0 aliphatic carbocycles. The molecule has 3 aromatic rings. The highest BCUT2D eigenvalue weighted by Gasteiger charge is 2.36. The van der Waals surface area contributed by atoms with E-state index in [2.05, 4.69) is 20.3 Å². The van der Waals surface area contributed by atoms with E-state index in [1.807, 2.05) is 0 Å². The van der Waals surface area contributed by atoms with E-state index in [-0.39, 0.29) is 28.4 Å². The number of hydrogen-bond acceptors (Lipinski definition) is 5. The average Bonchev–Trinajstić information content (AvgIpc) is 2.97. The number of methoxy groups -OCH3 is 1. The highest BCUT2D eigenvalue weighted by Crippen LogP contribution is 2.31. The Hall–Kier alpha value is -2.91. The van der Waals surface area contributed by atoms with E-state index in [0.29, 0.717) is 0 Å². The molecule has 126 valence electrons. The average molecular weight is 341 g/mol. The minimum Gasteiger partial charge on any atom is -0.494 e. The van der Waals surface area contributed by atoms with Crippen molar-refractivity contribution in [1.29, 1.82) is 0 Å². The molecule has 6 nitrogen and oxygen atoms in total. The molecule has 1 N–H and O–H groups in total. The van der Waals surface area contributed by atoms with Gasteiger partial charge in [-0.05, 0) is 12.1 Å². The highest BCUT2D eigenvalue weighted by molar-refractivity contribution is 5.84. The van der Waals surface area contributed by atoms with Crippen LogP contribution in [0, 0.1) is 5.82 Å². The maximum Gasteiger partial charge on any atom is 0.451 e. The van der Waals surface area contributed by atoms with Crippen molar-refractivity contribution < 1.29 is 22.3 Å². The summed E-state index contributed by atoms with van der Waals surface area (Å²) in [6.07, 6.45) is -3.57. The highest BCUT2D eigenvalue weighted by atomic mass is 19.4. The molecule has 24 heavy (non-hydrogen) atoms. The fraction of sp³-hybridized carbons (Fsp3) is 0.214. The quantitative estimate of drug-likeness (QED) is 0.742. The van der Waals surface area contributed by atoms with Gasteiger partial charge in [0.15, 0.2) is 28.5 Å². The van der Waals surface area contributed by atoms with Gasteiger partial charge in [0.25, 0.3) is 0 Å². The number of anilines is 1. The fourth-order valence-corrected chi connectivity index (χ4v) is 2.22. The number of alkyl halides is 3. The van der Waals surface area contributed by atoms with Gasteiger partial charge in [-0.25, -0.2) is 19.3 Å². The molecule has 0 atom stereocenters. The number of benzene rings is 1. The number of hydrogen-bond donors (Lipinski definition) is 1. The van der Waals surface area contributed by atoms with Crippen molar-refractivity contribution in [2.75, 3.05) is 19.5 Å². The van der Waals surface area contributed by atoms with Crippen LogP contribution in [-0.4, -0.2) is 33.7 Å². The number of ether oxygens (including phenoxy) is 1. The van der Waals surface area contributed by atoms with Crippen LogP contribution >= 0.6 is 0 Å². The normalized spacial score (nSPS) is 11.8. The van der Waals surface area contributed by atoms with Crippen molar-refractivity contribution in [1.82, 2.24) is 19.5 Å². The van der Waals surface area contributed by atoms with Crippen LogP contribution in [0.2, 0.25) is 0 Å². The maximum atomic E-state index is 14.4. The van der Waals surface area contributed by atoms with Gasteiger partial charge in [0.2, 0.25) is 5.82 Å². The molecule has 0 unspecified atom stereocenters. The lowest BCUT2D eigenvalue weighted by Crippen LogP contribution is -2.13. The van der Waals surface area contributed by atoms with Gasteiger partial charge in [0, 0.05) is 7.05 Å². The Morgan fingerprint density at radius 3 is 2.58 bits per heavy atom. The van der Waals surface area contributed by atoms with E-state index in [1.54, 1.807) is 0 Å². The van der Waals surface area contributed by atoms with Gasteiger partial charge in [-0.3, -0.25) is 4.57 Å². The lowest BCUT2D eigenvalue weighted by atomic mass is 10.2. The molecule has 0 saturated heterocycles. The lowest BCUT2D eigenvalue weighted by Gasteiger charge is -2.11. The zero-order valence-electron chi connectivity index (χ0n) is 12.5. The molecular formula is C14H11F4N5O. The molecule has 0 aliphatic heterocycles. The Morgan fingerprint density at radius 2 is 1.96 bits per heavy atom. The molecular weight excluding hydrogens is 330 g/mol. The summed E-state index contributed by atoms with van der Waals surface area (Å²) in [6.45, 7) is 0. The minimum atomic E-state index is -4.75. The van der Waals surface area contributed by atoms with Gasteiger partial charge < -0.3 is 10.1 Å². The number of halogens is 4. The van der Waals surface area contributed by atoms with E-state index < -0.39 is 17.8 Å². The third-order valence-corrected chi connectivity index (χ3v) is 3.31. The number of nitrogens with one attached hydrogen (secondary N) is 1. The van der Waals surface area contributed by atoms with E-state index in [1.165, 1.54) is 38.7 Å². The zero-order valence-corrected chi connectivity index (χ0v) is 12.5. The Morgan fingerprint density at radius 1 is 1.21 bits per heavy atom. The third-order valence-electron chi connectivity index (χ3n) is 3.31. The molecule has 0 aliphatic rings. The molecule has 10 heteroatoms. The van der Waals surface area contributed by atoms with E-state index >= 15 is 0 Å².